The second-order valence-electron chi connectivity index (χ2n) is 7.32. The summed E-state index contributed by atoms with van der Waals surface area (Å²) in [6, 6.07) is 9.88. The Kier molecular flexibility index (Phi) is 7.87. The van der Waals surface area contributed by atoms with E-state index in [1.807, 2.05) is 13.0 Å². The van der Waals surface area contributed by atoms with Crippen LogP contribution in [0.25, 0.3) is 11.0 Å². The molecule has 0 unspecified atom stereocenters. The largest absolute Gasteiger partial charge is 0.497 e. The van der Waals surface area contributed by atoms with Crippen molar-refractivity contribution in [2.45, 2.75) is 32.8 Å². The fourth-order valence-corrected chi connectivity index (χ4v) is 3.52. The molecular weight excluding hydrogens is 436 g/mol. The number of hydrogen-bond donors (Lipinski definition) is 1. The summed E-state index contributed by atoms with van der Waals surface area (Å²) in [7, 11) is 2.90. The summed E-state index contributed by atoms with van der Waals surface area (Å²) in [5.74, 6) is 0.512. The lowest BCUT2D eigenvalue weighted by atomic mass is 10.0. The number of nitrogens with one attached hydrogen (secondary N) is 1. The van der Waals surface area contributed by atoms with Crippen molar-refractivity contribution in [2.75, 3.05) is 20.8 Å². The van der Waals surface area contributed by atoms with E-state index >= 15 is 0 Å². The van der Waals surface area contributed by atoms with E-state index in [4.69, 9.17) is 13.9 Å². The lowest BCUT2D eigenvalue weighted by Gasteiger charge is -2.12. The average molecular weight is 461 g/mol. The fraction of sp³-hybridized carbons (Fsp3) is 0.333. The van der Waals surface area contributed by atoms with Crippen molar-refractivity contribution in [3.63, 3.8) is 0 Å². The van der Waals surface area contributed by atoms with Crippen molar-refractivity contribution in [3.05, 3.63) is 63.5 Å². The van der Waals surface area contributed by atoms with Gasteiger partial charge in [-0.2, -0.15) is 8.78 Å². The van der Waals surface area contributed by atoms with Gasteiger partial charge in [0.05, 0.1) is 14.2 Å². The number of fused-ring (bicyclic) bond motifs is 1. The van der Waals surface area contributed by atoms with Crippen molar-refractivity contribution in [2.24, 2.45) is 0 Å². The maximum absolute atomic E-state index is 12.4. The zero-order chi connectivity index (χ0) is 24.0. The first kappa shape index (κ1) is 24.0. The number of alkyl halides is 2. The van der Waals surface area contributed by atoms with Gasteiger partial charge in [0.15, 0.2) is 11.5 Å². The summed E-state index contributed by atoms with van der Waals surface area (Å²) in [5.41, 5.74) is 1.98. The van der Waals surface area contributed by atoms with Crippen LogP contribution < -0.4 is 25.2 Å². The predicted octanol–water partition coefficient (Wildman–Crippen LogP) is 4.01. The highest BCUT2D eigenvalue weighted by molar-refractivity contribution is 5.82. The van der Waals surface area contributed by atoms with Gasteiger partial charge >= 0.3 is 12.2 Å². The molecule has 2 aromatic carbocycles. The SMILES string of the molecule is COc1ccc2c(C)c(CCC(=O)NCCc3ccc(OC(F)F)c(OC)c3)c(=O)oc2c1. The monoisotopic (exact) mass is 461 g/mol. The van der Waals surface area contributed by atoms with Crippen LogP contribution in [0.15, 0.2) is 45.6 Å². The fourth-order valence-electron chi connectivity index (χ4n) is 3.52. The normalized spacial score (nSPS) is 11.0. The molecule has 3 aromatic rings. The van der Waals surface area contributed by atoms with Gasteiger partial charge in [0.2, 0.25) is 5.91 Å². The number of aryl methyl sites for hydroxylation is 1. The van der Waals surface area contributed by atoms with E-state index in [1.165, 1.54) is 20.3 Å². The summed E-state index contributed by atoms with van der Waals surface area (Å²) in [6.07, 6.45) is 0.837. The first-order valence-electron chi connectivity index (χ1n) is 10.3. The molecule has 176 valence electrons. The number of carbonyl (C=O) groups excluding carboxylic acids is 1. The van der Waals surface area contributed by atoms with Crippen LogP contribution in [0.2, 0.25) is 0 Å². The van der Waals surface area contributed by atoms with Gasteiger partial charge in [0, 0.05) is 30.0 Å². The zero-order valence-corrected chi connectivity index (χ0v) is 18.6. The molecule has 1 aromatic heterocycles. The van der Waals surface area contributed by atoms with Crippen LogP contribution in [0.3, 0.4) is 0 Å². The molecule has 9 heteroatoms. The molecule has 33 heavy (non-hydrogen) atoms. The van der Waals surface area contributed by atoms with Crippen LogP contribution in [-0.4, -0.2) is 33.3 Å². The molecule has 0 saturated heterocycles. The predicted molar refractivity (Wildman–Crippen MR) is 118 cm³/mol. The Balaban J connectivity index is 1.57. The van der Waals surface area contributed by atoms with Crippen LogP contribution in [0.1, 0.15) is 23.1 Å². The lowest BCUT2D eigenvalue weighted by molar-refractivity contribution is -0.121. The summed E-state index contributed by atoms with van der Waals surface area (Å²) < 4.78 is 44.9. The highest BCUT2D eigenvalue weighted by Crippen LogP contribution is 2.29. The second-order valence-corrected chi connectivity index (χ2v) is 7.32. The summed E-state index contributed by atoms with van der Waals surface area (Å²) in [6.45, 7) is -0.781. The number of carbonyl (C=O) groups is 1. The molecule has 0 saturated carbocycles. The highest BCUT2D eigenvalue weighted by Gasteiger charge is 2.14. The third-order valence-electron chi connectivity index (χ3n) is 5.28. The molecule has 1 amide bonds. The minimum Gasteiger partial charge on any atom is -0.497 e. The summed E-state index contributed by atoms with van der Waals surface area (Å²) in [4.78, 5) is 24.7. The van der Waals surface area contributed by atoms with Crippen LogP contribution in [-0.2, 0) is 17.6 Å². The number of methoxy groups -OCH3 is 2. The first-order chi connectivity index (χ1) is 15.8. The van der Waals surface area contributed by atoms with Gasteiger partial charge in [-0.15, -0.1) is 0 Å². The number of benzene rings is 2. The Morgan fingerprint density at radius 3 is 2.55 bits per heavy atom. The Morgan fingerprint density at radius 1 is 1.06 bits per heavy atom. The van der Waals surface area contributed by atoms with E-state index in [0.29, 0.717) is 29.9 Å². The van der Waals surface area contributed by atoms with Crippen molar-refractivity contribution >= 4 is 16.9 Å². The molecule has 0 atom stereocenters. The Bertz CT molecular complexity index is 1190. The van der Waals surface area contributed by atoms with E-state index in [9.17, 15) is 18.4 Å². The zero-order valence-electron chi connectivity index (χ0n) is 18.6. The van der Waals surface area contributed by atoms with Crippen molar-refractivity contribution in [1.82, 2.24) is 5.32 Å². The van der Waals surface area contributed by atoms with Crippen LogP contribution in [0, 0.1) is 6.92 Å². The molecule has 3 rings (SSSR count). The van der Waals surface area contributed by atoms with Gasteiger partial charge in [-0.05, 0) is 55.2 Å². The summed E-state index contributed by atoms with van der Waals surface area (Å²) in [5, 5.41) is 3.59. The Labute approximate surface area is 189 Å². The van der Waals surface area contributed by atoms with Gasteiger partial charge < -0.3 is 23.9 Å². The molecule has 0 aliphatic heterocycles. The van der Waals surface area contributed by atoms with Gasteiger partial charge in [0.1, 0.15) is 11.3 Å². The van der Waals surface area contributed by atoms with Crippen molar-refractivity contribution in [3.8, 4) is 17.2 Å². The number of hydrogen-bond acceptors (Lipinski definition) is 6. The Morgan fingerprint density at radius 2 is 1.85 bits per heavy atom. The first-order valence-corrected chi connectivity index (χ1v) is 10.3. The molecule has 7 nitrogen and oxygen atoms in total. The van der Waals surface area contributed by atoms with Crippen LogP contribution in [0.4, 0.5) is 8.78 Å². The topological polar surface area (TPSA) is 87.0 Å². The molecular formula is C24H25F2NO6. The van der Waals surface area contributed by atoms with Crippen molar-refractivity contribution < 1.29 is 32.2 Å². The third-order valence-corrected chi connectivity index (χ3v) is 5.28. The van der Waals surface area contributed by atoms with Gasteiger partial charge in [-0.3, -0.25) is 4.79 Å². The van der Waals surface area contributed by atoms with E-state index in [2.05, 4.69) is 10.1 Å². The molecule has 1 heterocycles. The number of ether oxygens (including phenoxy) is 3. The molecule has 0 aliphatic rings. The minimum absolute atomic E-state index is 0.0525. The molecule has 0 bridgehead atoms. The summed E-state index contributed by atoms with van der Waals surface area (Å²) >= 11 is 0. The van der Waals surface area contributed by atoms with E-state index < -0.39 is 12.2 Å². The van der Waals surface area contributed by atoms with Gasteiger partial charge in [0.25, 0.3) is 0 Å². The second kappa shape index (κ2) is 10.8. The minimum atomic E-state index is -2.94. The van der Waals surface area contributed by atoms with Crippen molar-refractivity contribution in [1.29, 1.82) is 0 Å². The van der Waals surface area contributed by atoms with E-state index in [0.717, 1.165) is 16.5 Å². The third kappa shape index (κ3) is 6.00. The van der Waals surface area contributed by atoms with Gasteiger partial charge in [-0.1, -0.05) is 6.07 Å². The van der Waals surface area contributed by atoms with Crippen LogP contribution in [0.5, 0.6) is 17.2 Å². The molecule has 0 radical (unpaired) electrons. The maximum Gasteiger partial charge on any atom is 0.387 e. The average Bonchev–Trinajstić information content (AvgIpc) is 2.79. The van der Waals surface area contributed by atoms with E-state index in [-0.39, 0.29) is 30.2 Å². The standard InChI is InChI=1S/C24H25F2NO6/c1-14-17-6-5-16(30-2)13-20(17)32-23(29)18(14)7-9-22(28)27-11-10-15-4-8-19(33-24(25)26)21(12-15)31-3/h4-6,8,12-13,24H,7,9-11H2,1-3H3,(H,27,28). The maximum atomic E-state index is 12.4. The highest BCUT2D eigenvalue weighted by atomic mass is 19.3. The molecule has 0 aliphatic carbocycles. The molecule has 0 fully saturated rings. The quantitative estimate of drug-likeness (QED) is 0.459. The smallest absolute Gasteiger partial charge is 0.387 e. The number of rotatable bonds is 10. The lowest BCUT2D eigenvalue weighted by Crippen LogP contribution is -2.26. The van der Waals surface area contributed by atoms with E-state index in [1.54, 1.807) is 24.3 Å². The number of amides is 1. The van der Waals surface area contributed by atoms with Gasteiger partial charge in [-0.25, -0.2) is 4.79 Å². The number of halogens is 2. The molecule has 0 spiro atoms. The Hall–Kier alpha value is -3.62. The molecule has 1 N–H and O–H groups in total. The van der Waals surface area contributed by atoms with Crippen LogP contribution >= 0.6 is 0 Å².